The Bertz CT molecular complexity index is 719. The third-order valence-corrected chi connectivity index (χ3v) is 5.14. The number of halogens is 1. The largest absolute Gasteiger partial charge is 0.444 e. The van der Waals surface area contributed by atoms with Crippen LogP contribution in [0, 0.1) is 11.3 Å². The summed E-state index contributed by atoms with van der Waals surface area (Å²) in [7, 11) is 4.26. The zero-order valence-corrected chi connectivity index (χ0v) is 14.4. The summed E-state index contributed by atoms with van der Waals surface area (Å²) in [6.07, 6.45) is 6.55. The fraction of sp³-hybridized carbons (Fsp3) is 0.500. The van der Waals surface area contributed by atoms with Gasteiger partial charge in [0.15, 0.2) is 5.58 Å². The van der Waals surface area contributed by atoms with Crippen molar-refractivity contribution in [1.29, 1.82) is 5.26 Å². The molecule has 2 aromatic rings. The number of furan rings is 1. The van der Waals surface area contributed by atoms with Crippen LogP contribution < -0.4 is 5.32 Å². The number of aromatic nitrogens is 1. The summed E-state index contributed by atoms with van der Waals surface area (Å²) in [5.41, 5.74) is 0.627. The minimum Gasteiger partial charge on any atom is -0.444 e. The lowest BCUT2D eigenvalue weighted by Crippen LogP contribution is -2.45. The highest BCUT2D eigenvalue weighted by Crippen LogP contribution is 2.33. The number of nitriles is 1. The molecule has 1 saturated carbocycles. The van der Waals surface area contributed by atoms with Crippen LogP contribution in [0.2, 0.25) is 0 Å². The van der Waals surface area contributed by atoms with Crippen molar-refractivity contribution in [3.05, 3.63) is 22.5 Å². The molecule has 1 aliphatic carbocycles. The van der Waals surface area contributed by atoms with Crippen molar-refractivity contribution in [3.63, 3.8) is 0 Å². The molecule has 0 aliphatic heterocycles. The average Bonchev–Trinajstić information content (AvgIpc) is 2.94. The maximum absolute atomic E-state index is 8.96. The molecule has 1 fully saturated rings. The number of nitrogens with zero attached hydrogens (tertiary/aromatic N) is 3. The van der Waals surface area contributed by atoms with Crippen LogP contribution in [0.3, 0.4) is 0 Å². The number of hydrogen-bond acceptors (Lipinski definition) is 5. The summed E-state index contributed by atoms with van der Waals surface area (Å²) >= 11 is 3.60. The maximum atomic E-state index is 8.96. The molecular weight excluding hydrogens is 344 g/mol. The molecule has 0 bridgehead atoms. The summed E-state index contributed by atoms with van der Waals surface area (Å²) in [5.74, 6) is 1.12. The van der Waals surface area contributed by atoms with Crippen molar-refractivity contribution in [3.8, 4) is 6.07 Å². The molecular formula is C16H19BrN4O. The van der Waals surface area contributed by atoms with Crippen LogP contribution in [-0.4, -0.2) is 36.1 Å². The molecule has 0 unspecified atom stereocenters. The first-order valence-corrected chi connectivity index (χ1v) is 8.30. The van der Waals surface area contributed by atoms with Crippen molar-refractivity contribution in [2.75, 3.05) is 19.4 Å². The lowest BCUT2D eigenvalue weighted by molar-refractivity contribution is 0.211. The summed E-state index contributed by atoms with van der Waals surface area (Å²) in [6, 6.07) is 4.66. The van der Waals surface area contributed by atoms with Gasteiger partial charge in [0.05, 0.1) is 10.7 Å². The predicted octanol–water partition coefficient (Wildman–Crippen LogP) is 3.75. The van der Waals surface area contributed by atoms with Crippen molar-refractivity contribution in [2.45, 2.75) is 37.8 Å². The molecule has 2 atom stereocenters. The first-order chi connectivity index (χ1) is 10.6. The Morgan fingerprint density at radius 2 is 2.18 bits per heavy atom. The van der Waals surface area contributed by atoms with E-state index in [1.165, 1.54) is 19.3 Å². The van der Waals surface area contributed by atoms with Crippen molar-refractivity contribution in [2.24, 2.45) is 0 Å². The maximum Gasteiger partial charge on any atom is 0.204 e. The Morgan fingerprint density at radius 3 is 2.91 bits per heavy atom. The normalized spacial score (nSPS) is 22.0. The van der Waals surface area contributed by atoms with Gasteiger partial charge < -0.3 is 14.6 Å². The van der Waals surface area contributed by atoms with Crippen LogP contribution in [-0.2, 0) is 0 Å². The van der Waals surface area contributed by atoms with E-state index in [0.29, 0.717) is 23.4 Å². The van der Waals surface area contributed by atoms with Gasteiger partial charge in [0.2, 0.25) is 5.76 Å². The first-order valence-electron chi connectivity index (χ1n) is 7.51. The molecule has 1 aliphatic rings. The molecule has 0 spiro atoms. The van der Waals surface area contributed by atoms with Gasteiger partial charge in [-0.25, -0.2) is 4.98 Å². The topological polar surface area (TPSA) is 65.1 Å². The molecule has 0 saturated heterocycles. The molecule has 1 N–H and O–H groups in total. The van der Waals surface area contributed by atoms with E-state index >= 15 is 0 Å². The minimum atomic E-state index is 0.304. The van der Waals surface area contributed by atoms with Crippen LogP contribution in [0.15, 0.2) is 21.2 Å². The molecule has 2 aromatic heterocycles. The molecule has 2 heterocycles. The van der Waals surface area contributed by atoms with E-state index < -0.39 is 0 Å². The van der Waals surface area contributed by atoms with E-state index in [0.717, 1.165) is 22.1 Å². The van der Waals surface area contributed by atoms with Gasteiger partial charge in [-0.1, -0.05) is 12.8 Å². The Kier molecular flexibility index (Phi) is 4.37. The van der Waals surface area contributed by atoms with Crippen LogP contribution in [0.5, 0.6) is 0 Å². The van der Waals surface area contributed by atoms with Crippen LogP contribution in [0.1, 0.15) is 31.4 Å². The fourth-order valence-corrected chi connectivity index (χ4v) is 3.74. The highest BCUT2D eigenvalue weighted by molar-refractivity contribution is 9.10. The number of anilines is 1. The van der Waals surface area contributed by atoms with E-state index in [1.807, 2.05) is 6.07 Å². The minimum absolute atomic E-state index is 0.304. The third kappa shape index (κ3) is 2.83. The van der Waals surface area contributed by atoms with Crippen LogP contribution >= 0.6 is 15.9 Å². The molecule has 0 radical (unpaired) electrons. The highest BCUT2D eigenvalue weighted by Gasteiger charge is 2.27. The van der Waals surface area contributed by atoms with Crippen molar-refractivity contribution >= 4 is 32.7 Å². The van der Waals surface area contributed by atoms with Gasteiger partial charge in [-0.2, -0.15) is 5.26 Å². The lowest BCUT2D eigenvalue weighted by Gasteiger charge is -2.37. The quantitative estimate of drug-likeness (QED) is 0.900. The van der Waals surface area contributed by atoms with E-state index in [-0.39, 0.29) is 0 Å². The molecule has 6 heteroatoms. The smallest absolute Gasteiger partial charge is 0.204 e. The second-order valence-electron chi connectivity index (χ2n) is 5.99. The molecule has 3 rings (SSSR count). The monoisotopic (exact) mass is 362 g/mol. The van der Waals surface area contributed by atoms with Crippen molar-refractivity contribution < 1.29 is 4.42 Å². The summed E-state index contributed by atoms with van der Waals surface area (Å²) in [6.45, 7) is 0. The number of hydrogen-bond donors (Lipinski definition) is 1. The molecule has 116 valence electrons. The highest BCUT2D eigenvalue weighted by atomic mass is 79.9. The number of rotatable bonds is 3. The second kappa shape index (κ2) is 6.27. The first kappa shape index (κ1) is 15.3. The Balaban J connectivity index is 1.90. The Labute approximate surface area is 138 Å². The van der Waals surface area contributed by atoms with Gasteiger partial charge >= 0.3 is 0 Å². The number of pyridine rings is 1. The van der Waals surface area contributed by atoms with E-state index in [2.05, 4.69) is 45.2 Å². The average molecular weight is 363 g/mol. The second-order valence-corrected chi connectivity index (χ2v) is 6.78. The van der Waals surface area contributed by atoms with Gasteiger partial charge in [-0.3, -0.25) is 0 Å². The van der Waals surface area contributed by atoms with Crippen LogP contribution in [0.25, 0.3) is 11.0 Å². The van der Waals surface area contributed by atoms with Gasteiger partial charge in [0.25, 0.3) is 0 Å². The van der Waals surface area contributed by atoms with E-state index in [9.17, 15) is 0 Å². The third-order valence-electron chi connectivity index (χ3n) is 4.34. The number of likely N-dealkylation sites (N-methyl/N-ethyl adjacent to an activating group) is 1. The predicted molar refractivity (Wildman–Crippen MR) is 89.8 cm³/mol. The number of nitrogens with one attached hydrogen (secondary N) is 1. The lowest BCUT2D eigenvalue weighted by atomic mass is 9.89. The van der Waals surface area contributed by atoms with Gasteiger partial charge in [-0.15, -0.1) is 0 Å². The Hall–Kier alpha value is -1.58. The zero-order chi connectivity index (χ0) is 15.7. The summed E-state index contributed by atoms with van der Waals surface area (Å²) < 4.78 is 6.27. The molecule has 22 heavy (non-hydrogen) atoms. The van der Waals surface area contributed by atoms with Gasteiger partial charge in [-0.05, 0) is 42.9 Å². The SMILES string of the molecule is CN(C)[C@H]1CCCC[C@@H]1Nc1ncc2oc(C#N)cc2c1Br. The van der Waals surface area contributed by atoms with Crippen LogP contribution in [0.4, 0.5) is 5.82 Å². The fourth-order valence-electron chi connectivity index (χ4n) is 3.21. The van der Waals surface area contributed by atoms with E-state index in [1.54, 1.807) is 12.3 Å². The molecule has 5 nitrogen and oxygen atoms in total. The zero-order valence-electron chi connectivity index (χ0n) is 12.8. The van der Waals surface area contributed by atoms with Gasteiger partial charge in [0, 0.05) is 23.5 Å². The Morgan fingerprint density at radius 1 is 1.41 bits per heavy atom. The summed E-state index contributed by atoms with van der Waals surface area (Å²) in [5, 5.41) is 13.4. The summed E-state index contributed by atoms with van der Waals surface area (Å²) in [4.78, 5) is 6.75. The molecule has 0 amide bonds. The standard InChI is InChI=1S/C16H19BrN4O/c1-21(2)13-6-4-3-5-12(13)20-16-15(17)11-7-10(8-18)22-14(11)9-19-16/h7,9,12-13H,3-6H2,1-2H3,(H,19,20)/t12-,13-/m0/s1. The van der Waals surface area contributed by atoms with E-state index in [4.69, 9.17) is 9.68 Å². The van der Waals surface area contributed by atoms with Gasteiger partial charge in [0.1, 0.15) is 11.9 Å². The molecule has 0 aromatic carbocycles. The van der Waals surface area contributed by atoms with Crippen molar-refractivity contribution in [1.82, 2.24) is 9.88 Å². The number of fused-ring (bicyclic) bond motifs is 1.